The lowest BCUT2D eigenvalue weighted by Crippen LogP contribution is -2.29. The third kappa shape index (κ3) is 5.33. The normalized spacial score (nSPS) is 10.2. The molecule has 0 fully saturated rings. The maximum Gasteiger partial charge on any atom is 0.170 e. The molecular formula is C16H16ClFN2S. The van der Waals surface area contributed by atoms with Crippen molar-refractivity contribution >= 4 is 34.6 Å². The van der Waals surface area contributed by atoms with Gasteiger partial charge in [-0.15, -0.1) is 0 Å². The van der Waals surface area contributed by atoms with Crippen LogP contribution in [0.2, 0.25) is 5.02 Å². The minimum Gasteiger partial charge on any atom is -0.362 e. The highest BCUT2D eigenvalue weighted by Crippen LogP contribution is 2.20. The van der Waals surface area contributed by atoms with Crippen LogP contribution >= 0.6 is 23.8 Å². The zero-order chi connectivity index (χ0) is 15.1. The third-order valence-corrected chi connectivity index (χ3v) is 3.54. The van der Waals surface area contributed by atoms with E-state index in [2.05, 4.69) is 10.6 Å². The first-order valence-electron chi connectivity index (χ1n) is 6.69. The molecule has 0 aliphatic rings. The first-order chi connectivity index (χ1) is 10.1. The zero-order valence-corrected chi connectivity index (χ0v) is 13.0. The molecule has 0 amide bonds. The lowest BCUT2D eigenvalue weighted by atomic mass is 10.1. The van der Waals surface area contributed by atoms with E-state index >= 15 is 0 Å². The summed E-state index contributed by atoms with van der Waals surface area (Å²) in [7, 11) is 0. The second-order valence-corrected chi connectivity index (χ2v) is 5.41. The van der Waals surface area contributed by atoms with E-state index in [1.807, 2.05) is 18.2 Å². The molecule has 110 valence electrons. The SMILES string of the molecule is Fc1ccc(CCCNC(=S)Nc2ccccc2Cl)cc1. The Morgan fingerprint density at radius 2 is 1.81 bits per heavy atom. The number of anilines is 1. The van der Waals surface area contributed by atoms with E-state index in [1.54, 1.807) is 18.2 Å². The second kappa shape index (κ2) is 7.96. The lowest BCUT2D eigenvalue weighted by molar-refractivity contribution is 0.626. The van der Waals surface area contributed by atoms with Crippen molar-refractivity contribution in [3.63, 3.8) is 0 Å². The largest absolute Gasteiger partial charge is 0.362 e. The fourth-order valence-electron chi connectivity index (χ4n) is 1.87. The molecule has 0 bridgehead atoms. The molecule has 0 aromatic heterocycles. The van der Waals surface area contributed by atoms with Crippen LogP contribution in [-0.4, -0.2) is 11.7 Å². The number of rotatable bonds is 5. The fourth-order valence-corrected chi connectivity index (χ4v) is 2.27. The van der Waals surface area contributed by atoms with Crippen LogP contribution in [0.3, 0.4) is 0 Å². The average molecular weight is 323 g/mol. The van der Waals surface area contributed by atoms with E-state index in [0.717, 1.165) is 30.6 Å². The van der Waals surface area contributed by atoms with Crippen molar-refractivity contribution in [2.45, 2.75) is 12.8 Å². The second-order valence-electron chi connectivity index (χ2n) is 4.59. The Kier molecular flexibility index (Phi) is 5.96. The van der Waals surface area contributed by atoms with Crippen molar-refractivity contribution in [1.29, 1.82) is 0 Å². The molecule has 0 aliphatic carbocycles. The van der Waals surface area contributed by atoms with Gasteiger partial charge in [0.25, 0.3) is 0 Å². The molecule has 2 N–H and O–H groups in total. The predicted octanol–water partition coefficient (Wildman–Crippen LogP) is 4.40. The molecule has 0 aliphatic heterocycles. The molecule has 2 aromatic carbocycles. The van der Waals surface area contributed by atoms with Crippen LogP contribution in [0.5, 0.6) is 0 Å². The van der Waals surface area contributed by atoms with Gasteiger partial charge in [0, 0.05) is 6.54 Å². The minimum absolute atomic E-state index is 0.206. The summed E-state index contributed by atoms with van der Waals surface area (Å²) in [4.78, 5) is 0. The number of aryl methyl sites for hydroxylation is 1. The summed E-state index contributed by atoms with van der Waals surface area (Å²) in [5.41, 5.74) is 1.90. The standard InChI is InChI=1S/C16H16ClFN2S/c17-14-5-1-2-6-15(14)20-16(21)19-11-3-4-12-7-9-13(18)10-8-12/h1-2,5-10H,3-4,11H2,(H2,19,20,21). The molecule has 5 heteroatoms. The van der Waals surface area contributed by atoms with Crippen molar-refractivity contribution in [2.24, 2.45) is 0 Å². The Bertz CT molecular complexity index is 601. The predicted molar refractivity (Wildman–Crippen MR) is 90.4 cm³/mol. The van der Waals surface area contributed by atoms with Gasteiger partial charge in [-0.05, 0) is 54.9 Å². The maximum atomic E-state index is 12.8. The van der Waals surface area contributed by atoms with Gasteiger partial charge in [-0.3, -0.25) is 0 Å². The van der Waals surface area contributed by atoms with Crippen LogP contribution in [0.4, 0.5) is 10.1 Å². The number of thiocarbonyl (C=S) groups is 1. The lowest BCUT2D eigenvalue weighted by Gasteiger charge is -2.11. The van der Waals surface area contributed by atoms with E-state index in [0.29, 0.717) is 10.1 Å². The van der Waals surface area contributed by atoms with E-state index < -0.39 is 0 Å². The molecular weight excluding hydrogens is 307 g/mol. The summed E-state index contributed by atoms with van der Waals surface area (Å²) < 4.78 is 12.8. The molecule has 2 rings (SSSR count). The quantitative estimate of drug-likeness (QED) is 0.630. The van der Waals surface area contributed by atoms with E-state index in [1.165, 1.54) is 12.1 Å². The number of para-hydroxylation sites is 1. The smallest absolute Gasteiger partial charge is 0.170 e. The number of benzene rings is 2. The number of nitrogens with one attached hydrogen (secondary N) is 2. The van der Waals surface area contributed by atoms with Crippen molar-refractivity contribution < 1.29 is 4.39 Å². The molecule has 2 aromatic rings. The summed E-state index contributed by atoms with van der Waals surface area (Å²) in [6.45, 7) is 0.744. The number of hydrogen-bond acceptors (Lipinski definition) is 1. The van der Waals surface area contributed by atoms with Gasteiger partial charge in [-0.2, -0.15) is 0 Å². The summed E-state index contributed by atoms with van der Waals surface area (Å²) in [5.74, 6) is -0.206. The average Bonchev–Trinajstić information content (AvgIpc) is 2.48. The van der Waals surface area contributed by atoms with Crippen molar-refractivity contribution in [1.82, 2.24) is 5.32 Å². The maximum absolute atomic E-state index is 12.8. The Hall–Kier alpha value is -1.65. The van der Waals surface area contributed by atoms with E-state index in [-0.39, 0.29) is 5.82 Å². The highest BCUT2D eigenvalue weighted by atomic mass is 35.5. The van der Waals surface area contributed by atoms with Crippen LogP contribution in [0.15, 0.2) is 48.5 Å². The first-order valence-corrected chi connectivity index (χ1v) is 7.47. The van der Waals surface area contributed by atoms with Crippen LogP contribution in [0, 0.1) is 5.82 Å². The van der Waals surface area contributed by atoms with Gasteiger partial charge in [0.2, 0.25) is 0 Å². The topological polar surface area (TPSA) is 24.1 Å². The summed E-state index contributed by atoms with van der Waals surface area (Å²) in [6, 6.07) is 14.0. The number of hydrogen-bond donors (Lipinski definition) is 2. The molecule has 0 saturated carbocycles. The Labute approximate surface area is 134 Å². The molecule has 0 heterocycles. The van der Waals surface area contributed by atoms with Crippen LogP contribution in [-0.2, 0) is 6.42 Å². The van der Waals surface area contributed by atoms with Crippen molar-refractivity contribution in [2.75, 3.05) is 11.9 Å². The summed E-state index contributed by atoms with van der Waals surface area (Å²) in [6.07, 6.45) is 1.79. The highest BCUT2D eigenvalue weighted by Gasteiger charge is 2.01. The zero-order valence-electron chi connectivity index (χ0n) is 11.4. The molecule has 0 saturated heterocycles. The Morgan fingerprint density at radius 1 is 1.10 bits per heavy atom. The van der Waals surface area contributed by atoms with Gasteiger partial charge in [-0.25, -0.2) is 4.39 Å². The van der Waals surface area contributed by atoms with Gasteiger partial charge in [0.15, 0.2) is 5.11 Å². The van der Waals surface area contributed by atoms with Gasteiger partial charge >= 0.3 is 0 Å². The fraction of sp³-hybridized carbons (Fsp3) is 0.188. The van der Waals surface area contributed by atoms with Crippen LogP contribution < -0.4 is 10.6 Å². The van der Waals surface area contributed by atoms with Crippen molar-refractivity contribution in [3.8, 4) is 0 Å². The van der Waals surface area contributed by atoms with Crippen LogP contribution in [0.25, 0.3) is 0 Å². The van der Waals surface area contributed by atoms with Crippen LogP contribution in [0.1, 0.15) is 12.0 Å². The molecule has 0 atom stereocenters. The minimum atomic E-state index is -0.206. The Balaban J connectivity index is 1.70. The number of halogens is 2. The van der Waals surface area contributed by atoms with Gasteiger partial charge in [-0.1, -0.05) is 35.9 Å². The molecule has 0 spiro atoms. The third-order valence-electron chi connectivity index (χ3n) is 2.96. The Morgan fingerprint density at radius 3 is 2.52 bits per heavy atom. The molecule has 21 heavy (non-hydrogen) atoms. The first kappa shape index (κ1) is 15.7. The van der Waals surface area contributed by atoms with Gasteiger partial charge < -0.3 is 10.6 Å². The summed E-state index contributed by atoms with van der Waals surface area (Å²) >= 11 is 11.3. The van der Waals surface area contributed by atoms with E-state index in [4.69, 9.17) is 23.8 Å². The van der Waals surface area contributed by atoms with Gasteiger partial charge in [0.05, 0.1) is 10.7 Å². The van der Waals surface area contributed by atoms with Gasteiger partial charge in [0.1, 0.15) is 5.82 Å². The molecule has 2 nitrogen and oxygen atoms in total. The van der Waals surface area contributed by atoms with Crippen molar-refractivity contribution in [3.05, 3.63) is 64.9 Å². The highest BCUT2D eigenvalue weighted by molar-refractivity contribution is 7.80. The monoisotopic (exact) mass is 322 g/mol. The molecule has 0 unspecified atom stereocenters. The summed E-state index contributed by atoms with van der Waals surface area (Å²) in [5, 5.41) is 7.36. The molecule has 0 radical (unpaired) electrons. The van der Waals surface area contributed by atoms with E-state index in [9.17, 15) is 4.39 Å².